The Hall–Kier alpha value is -0.410. The summed E-state index contributed by atoms with van der Waals surface area (Å²) in [4.78, 5) is 0. The summed E-state index contributed by atoms with van der Waals surface area (Å²) in [6, 6.07) is 3.23. The minimum atomic E-state index is -0.182. The van der Waals surface area contributed by atoms with E-state index < -0.39 is 0 Å². The predicted molar refractivity (Wildman–Crippen MR) is 51.6 cm³/mol. The molecule has 0 aromatic heterocycles. The average molecular weight is 232 g/mol. The molecule has 0 unspecified atom stereocenters. The van der Waals surface area contributed by atoms with E-state index in [0.29, 0.717) is 18.5 Å². The van der Waals surface area contributed by atoms with Gasteiger partial charge in [-0.3, -0.25) is 0 Å². The number of halogens is 2. The molecule has 0 radical (unpaired) electrons. The van der Waals surface area contributed by atoms with E-state index in [4.69, 9.17) is 5.73 Å². The first-order valence-electron chi connectivity index (χ1n) is 3.80. The summed E-state index contributed by atoms with van der Waals surface area (Å²) in [7, 11) is 0. The Labute approximate surface area is 79.9 Å². The Morgan fingerprint density at radius 3 is 2.75 bits per heavy atom. The van der Waals surface area contributed by atoms with Crippen molar-refractivity contribution in [2.24, 2.45) is 5.73 Å². The van der Waals surface area contributed by atoms with Gasteiger partial charge in [-0.05, 0) is 31.5 Å². The Kier molecular flexibility index (Phi) is 3.23. The van der Waals surface area contributed by atoms with Crippen LogP contribution in [0.2, 0.25) is 0 Å². The van der Waals surface area contributed by atoms with Crippen LogP contribution in [0.5, 0.6) is 0 Å². The molecule has 1 aromatic rings. The van der Waals surface area contributed by atoms with Crippen LogP contribution in [0.1, 0.15) is 11.1 Å². The standard InChI is InChI=1S/C9H11BrFN/c1-6-2-3-8(11)7(4-5-12)9(6)10/h2-3H,4-5,12H2,1H3. The van der Waals surface area contributed by atoms with Gasteiger partial charge in [0.2, 0.25) is 0 Å². The Bertz CT molecular complexity index is 286. The topological polar surface area (TPSA) is 26.0 Å². The summed E-state index contributed by atoms with van der Waals surface area (Å²) in [5, 5.41) is 0. The zero-order valence-electron chi connectivity index (χ0n) is 6.90. The molecule has 3 heteroatoms. The van der Waals surface area contributed by atoms with E-state index in [1.807, 2.05) is 6.92 Å². The van der Waals surface area contributed by atoms with E-state index in [1.165, 1.54) is 6.07 Å². The molecule has 0 aliphatic heterocycles. The van der Waals surface area contributed by atoms with Crippen LogP contribution >= 0.6 is 15.9 Å². The highest BCUT2D eigenvalue weighted by atomic mass is 79.9. The fraction of sp³-hybridized carbons (Fsp3) is 0.333. The van der Waals surface area contributed by atoms with Crippen molar-refractivity contribution in [2.45, 2.75) is 13.3 Å². The summed E-state index contributed by atoms with van der Waals surface area (Å²) >= 11 is 3.34. The normalized spacial score (nSPS) is 10.3. The molecule has 0 aliphatic carbocycles. The van der Waals surface area contributed by atoms with E-state index in [9.17, 15) is 4.39 Å². The second-order valence-corrected chi connectivity index (χ2v) is 3.49. The lowest BCUT2D eigenvalue weighted by molar-refractivity contribution is 0.607. The molecule has 0 amide bonds. The second-order valence-electron chi connectivity index (χ2n) is 2.70. The van der Waals surface area contributed by atoms with Crippen LogP contribution in [-0.2, 0) is 6.42 Å². The number of hydrogen-bond acceptors (Lipinski definition) is 1. The van der Waals surface area contributed by atoms with Gasteiger partial charge >= 0.3 is 0 Å². The van der Waals surface area contributed by atoms with Crippen LogP contribution in [-0.4, -0.2) is 6.54 Å². The summed E-state index contributed by atoms with van der Waals surface area (Å²) in [5.74, 6) is -0.182. The number of benzene rings is 1. The molecule has 0 spiro atoms. The molecule has 66 valence electrons. The highest BCUT2D eigenvalue weighted by Crippen LogP contribution is 2.23. The van der Waals surface area contributed by atoms with Gasteiger partial charge in [0, 0.05) is 10.0 Å². The number of hydrogen-bond donors (Lipinski definition) is 1. The fourth-order valence-electron chi connectivity index (χ4n) is 1.09. The molecule has 0 saturated carbocycles. The second kappa shape index (κ2) is 4.01. The van der Waals surface area contributed by atoms with Gasteiger partial charge in [-0.25, -0.2) is 4.39 Å². The molecule has 0 saturated heterocycles. The van der Waals surface area contributed by atoms with Crippen molar-refractivity contribution in [1.29, 1.82) is 0 Å². The first-order chi connectivity index (χ1) is 5.66. The van der Waals surface area contributed by atoms with Crippen molar-refractivity contribution in [2.75, 3.05) is 6.54 Å². The van der Waals surface area contributed by atoms with Crippen LogP contribution in [0, 0.1) is 12.7 Å². The van der Waals surface area contributed by atoms with E-state index in [0.717, 1.165) is 10.0 Å². The van der Waals surface area contributed by atoms with Gasteiger partial charge in [0.05, 0.1) is 0 Å². The summed E-state index contributed by atoms with van der Waals surface area (Å²) in [6.07, 6.45) is 0.577. The van der Waals surface area contributed by atoms with Gasteiger partial charge in [-0.2, -0.15) is 0 Å². The van der Waals surface area contributed by atoms with Gasteiger partial charge in [-0.15, -0.1) is 0 Å². The van der Waals surface area contributed by atoms with Crippen molar-refractivity contribution >= 4 is 15.9 Å². The van der Waals surface area contributed by atoms with Crippen LogP contribution < -0.4 is 5.73 Å². The number of rotatable bonds is 2. The summed E-state index contributed by atoms with van der Waals surface area (Å²) in [5.41, 5.74) is 7.08. The van der Waals surface area contributed by atoms with E-state index >= 15 is 0 Å². The molecular formula is C9H11BrFN. The van der Waals surface area contributed by atoms with Gasteiger partial charge in [0.15, 0.2) is 0 Å². The minimum Gasteiger partial charge on any atom is -0.330 e. The minimum absolute atomic E-state index is 0.182. The zero-order valence-corrected chi connectivity index (χ0v) is 8.49. The maximum absolute atomic E-state index is 13.1. The SMILES string of the molecule is Cc1ccc(F)c(CCN)c1Br. The molecule has 1 nitrogen and oxygen atoms in total. The number of nitrogens with two attached hydrogens (primary N) is 1. The van der Waals surface area contributed by atoms with Crippen LogP contribution in [0.4, 0.5) is 4.39 Å². The van der Waals surface area contributed by atoms with Crippen molar-refractivity contribution in [1.82, 2.24) is 0 Å². The fourth-order valence-corrected chi connectivity index (χ4v) is 1.61. The average Bonchev–Trinajstić information content (AvgIpc) is 2.06. The largest absolute Gasteiger partial charge is 0.330 e. The van der Waals surface area contributed by atoms with Crippen LogP contribution in [0.15, 0.2) is 16.6 Å². The zero-order chi connectivity index (χ0) is 9.14. The third kappa shape index (κ3) is 1.84. The molecule has 0 aliphatic rings. The predicted octanol–water partition coefficient (Wildman–Crippen LogP) is 2.40. The third-order valence-electron chi connectivity index (χ3n) is 1.77. The summed E-state index contributed by atoms with van der Waals surface area (Å²) in [6.45, 7) is 2.41. The molecular weight excluding hydrogens is 221 g/mol. The van der Waals surface area contributed by atoms with Crippen LogP contribution in [0.25, 0.3) is 0 Å². The molecule has 0 fully saturated rings. The first-order valence-corrected chi connectivity index (χ1v) is 4.59. The Morgan fingerprint density at radius 1 is 1.50 bits per heavy atom. The van der Waals surface area contributed by atoms with Crippen LogP contribution in [0.3, 0.4) is 0 Å². The number of aryl methyl sites for hydroxylation is 1. The van der Waals surface area contributed by atoms with Crippen molar-refractivity contribution in [3.8, 4) is 0 Å². The van der Waals surface area contributed by atoms with E-state index in [2.05, 4.69) is 15.9 Å². The molecule has 0 bridgehead atoms. The van der Waals surface area contributed by atoms with Gasteiger partial charge in [0.1, 0.15) is 5.82 Å². The molecule has 2 N–H and O–H groups in total. The van der Waals surface area contributed by atoms with Crippen molar-refractivity contribution in [3.05, 3.63) is 33.5 Å². The maximum Gasteiger partial charge on any atom is 0.127 e. The Morgan fingerprint density at radius 2 is 2.17 bits per heavy atom. The molecule has 1 aromatic carbocycles. The molecule has 12 heavy (non-hydrogen) atoms. The van der Waals surface area contributed by atoms with E-state index in [-0.39, 0.29) is 5.82 Å². The Balaban J connectivity index is 3.14. The summed E-state index contributed by atoms with van der Waals surface area (Å²) < 4.78 is 14.0. The lowest BCUT2D eigenvalue weighted by Crippen LogP contribution is -2.05. The quantitative estimate of drug-likeness (QED) is 0.832. The van der Waals surface area contributed by atoms with Crippen molar-refractivity contribution < 1.29 is 4.39 Å². The molecule has 0 heterocycles. The molecule has 1 rings (SSSR count). The van der Waals surface area contributed by atoms with Gasteiger partial charge < -0.3 is 5.73 Å². The highest BCUT2D eigenvalue weighted by molar-refractivity contribution is 9.10. The van der Waals surface area contributed by atoms with Gasteiger partial charge in [0.25, 0.3) is 0 Å². The lowest BCUT2D eigenvalue weighted by atomic mass is 10.1. The smallest absolute Gasteiger partial charge is 0.127 e. The third-order valence-corrected chi connectivity index (χ3v) is 2.88. The van der Waals surface area contributed by atoms with Gasteiger partial charge in [-0.1, -0.05) is 22.0 Å². The maximum atomic E-state index is 13.1. The van der Waals surface area contributed by atoms with E-state index in [1.54, 1.807) is 6.07 Å². The lowest BCUT2D eigenvalue weighted by Gasteiger charge is -2.06. The highest BCUT2D eigenvalue weighted by Gasteiger charge is 2.07. The molecule has 0 atom stereocenters. The monoisotopic (exact) mass is 231 g/mol. The van der Waals surface area contributed by atoms with Crippen molar-refractivity contribution in [3.63, 3.8) is 0 Å². The first kappa shape index (κ1) is 9.68.